The van der Waals surface area contributed by atoms with E-state index in [1.165, 1.54) is 30.3 Å². The Hall–Kier alpha value is -3.15. The van der Waals surface area contributed by atoms with Crippen molar-refractivity contribution in [3.05, 3.63) is 64.8 Å². The van der Waals surface area contributed by atoms with E-state index in [9.17, 15) is 15.2 Å². The standard InChI is InChI=1S/C15H10N2O4/c18-11-3-6-13-14(9-11)16-8-7-15(13)21-12-4-1-10(2-5-12)17(19)20/h1-9,18H. The Morgan fingerprint density at radius 2 is 1.86 bits per heavy atom. The summed E-state index contributed by atoms with van der Waals surface area (Å²) in [7, 11) is 0. The Morgan fingerprint density at radius 3 is 2.57 bits per heavy atom. The largest absolute Gasteiger partial charge is 0.508 e. The minimum absolute atomic E-state index is 0.00635. The zero-order chi connectivity index (χ0) is 14.8. The van der Waals surface area contributed by atoms with E-state index in [1.54, 1.807) is 24.4 Å². The summed E-state index contributed by atoms with van der Waals surface area (Å²) < 4.78 is 5.72. The van der Waals surface area contributed by atoms with Crippen LogP contribution in [0, 0.1) is 10.1 Å². The Labute approximate surface area is 119 Å². The maximum absolute atomic E-state index is 10.6. The molecule has 0 aliphatic carbocycles. The molecule has 1 heterocycles. The average Bonchev–Trinajstić information content (AvgIpc) is 2.47. The van der Waals surface area contributed by atoms with Crippen molar-refractivity contribution < 1.29 is 14.8 Å². The van der Waals surface area contributed by atoms with Crippen LogP contribution in [-0.2, 0) is 0 Å². The number of hydrogen-bond donors (Lipinski definition) is 1. The van der Waals surface area contributed by atoms with Crippen LogP contribution in [0.5, 0.6) is 17.2 Å². The summed E-state index contributed by atoms with van der Waals surface area (Å²) in [6.45, 7) is 0. The van der Waals surface area contributed by atoms with Gasteiger partial charge in [-0.3, -0.25) is 15.1 Å². The quantitative estimate of drug-likeness (QED) is 0.585. The van der Waals surface area contributed by atoms with Crippen molar-refractivity contribution in [3.8, 4) is 17.2 Å². The second-order valence-corrected chi connectivity index (χ2v) is 4.36. The van der Waals surface area contributed by atoms with Gasteiger partial charge in [0.15, 0.2) is 0 Å². The van der Waals surface area contributed by atoms with Crippen LogP contribution in [0.4, 0.5) is 5.69 Å². The number of hydrogen-bond acceptors (Lipinski definition) is 5. The number of pyridine rings is 1. The molecule has 3 aromatic rings. The van der Waals surface area contributed by atoms with Crippen LogP contribution < -0.4 is 4.74 Å². The Balaban J connectivity index is 1.96. The number of aromatic hydroxyl groups is 1. The first-order valence-corrected chi connectivity index (χ1v) is 6.13. The summed E-state index contributed by atoms with van der Waals surface area (Å²) in [4.78, 5) is 14.3. The molecule has 6 nitrogen and oxygen atoms in total. The van der Waals surface area contributed by atoms with E-state index in [-0.39, 0.29) is 11.4 Å². The third kappa shape index (κ3) is 2.59. The van der Waals surface area contributed by atoms with E-state index in [0.29, 0.717) is 17.0 Å². The number of aromatic nitrogens is 1. The zero-order valence-electron chi connectivity index (χ0n) is 10.8. The van der Waals surface area contributed by atoms with Gasteiger partial charge in [0, 0.05) is 29.8 Å². The third-order valence-electron chi connectivity index (χ3n) is 2.96. The highest BCUT2D eigenvalue weighted by Crippen LogP contribution is 2.31. The molecule has 6 heteroatoms. The van der Waals surface area contributed by atoms with Crippen LogP contribution in [0.15, 0.2) is 54.7 Å². The summed E-state index contributed by atoms with van der Waals surface area (Å²) >= 11 is 0. The highest BCUT2D eigenvalue weighted by Gasteiger charge is 2.08. The molecule has 21 heavy (non-hydrogen) atoms. The molecule has 0 unspecified atom stereocenters. The first-order chi connectivity index (χ1) is 10.1. The number of nitro benzene ring substituents is 1. The number of ether oxygens (including phenoxy) is 1. The van der Waals surface area contributed by atoms with Gasteiger partial charge >= 0.3 is 0 Å². The molecule has 0 amide bonds. The first-order valence-electron chi connectivity index (χ1n) is 6.13. The van der Waals surface area contributed by atoms with Crippen molar-refractivity contribution >= 4 is 16.6 Å². The molecule has 0 saturated heterocycles. The minimum Gasteiger partial charge on any atom is -0.508 e. The molecule has 3 rings (SSSR count). The minimum atomic E-state index is -0.464. The maximum atomic E-state index is 10.6. The van der Waals surface area contributed by atoms with Gasteiger partial charge in [-0.25, -0.2) is 0 Å². The number of fused-ring (bicyclic) bond motifs is 1. The van der Waals surface area contributed by atoms with Crippen LogP contribution in [0.2, 0.25) is 0 Å². The molecule has 0 fully saturated rings. The van der Waals surface area contributed by atoms with Crippen molar-refractivity contribution in [2.75, 3.05) is 0 Å². The normalized spacial score (nSPS) is 10.5. The van der Waals surface area contributed by atoms with Crippen molar-refractivity contribution in [1.82, 2.24) is 4.98 Å². The number of nitrogens with zero attached hydrogens (tertiary/aromatic N) is 2. The average molecular weight is 282 g/mol. The third-order valence-corrected chi connectivity index (χ3v) is 2.96. The number of nitro groups is 1. The van der Waals surface area contributed by atoms with Gasteiger partial charge in [-0.1, -0.05) is 0 Å². The zero-order valence-corrected chi connectivity index (χ0v) is 10.8. The maximum Gasteiger partial charge on any atom is 0.269 e. The van der Waals surface area contributed by atoms with Gasteiger partial charge in [-0.2, -0.15) is 0 Å². The monoisotopic (exact) mass is 282 g/mol. The van der Waals surface area contributed by atoms with Crippen LogP contribution in [0.3, 0.4) is 0 Å². The highest BCUT2D eigenvalue weighted by atomic mass is 16.6. The number of phenolic OH excluding ortho intramolecular Hbond substituents is 1. The molecule has 104 valence electrons. The fourth-order valence-corrected chi connectivity index (χ4v) is 1.96. The van der Waals surface area contributed by atoms with Crippen molar-refractivity contribution in [3.63, 3.8) is 0 Å². The summed E-state index contributed by atoms with van der Waals surface area (Å²) in [5.74, 6) is 1.18. The first kappa shape index (κ1) is 12.9. The Kier molecular flexibility index (Phi) is 3.12. The molecule has 0 saturated carbocycles. The number of benzene rings is 2. The predicted molar refractivity (Wildman–Crippen MR) is 76.6 cm³/mol. The molecule has 0 bridgehead atoms. The topological polar surface area (TPSA) is 85.5 Å². The van der Waals surface area contributed by atoms with Crippen molar-refractivity contribution in [1.29, 1.82) is 0 Å². The second kappa shape index (κ2) is 5.09. The van der Waals surface area contributed by atoms with E-state index in [4.69, 9.17) is 4.74 Å². The second-order valence-electron chi connectivity index (χ2n) is 4.36. The van der Waals surface area contributed by atoms with Gasteiger partial charge in [0.25, 0.3) is 5.69 Å². The van der Waals surface area contributed by atoms with Crippen LogP contribution in [0.25, 0.3) is 10.9 Å². The number of rotatable bonds is 3. The molecule has 1 aromatic heterocycles. The number of phenols is 1. The molecule has 0 atom stereocenters. The molecule has 0 aliphatic rings. The van der Waals surface area contributed by atoms with Crippen LogP contribution in [0.1, 0.15) is 0 Å². The molecule has 2 aromatic carbocycles. The van der Waals surface area contributed by atoms with E-state index >= 15 is 0 Å². The summed E-state index contributed by atoms with van der Waals surface area (Å²) in [6.07, 6.45) is 1.57. The molecular formula is C15H10N2O4. The van der Waals surface area contributed by atoms with Gasteiger partial charge in [-0.05, 0) is 30.3 Å². The summed E-state index contributed by atoms with van der Waals surface area (Å²) in [5, 5.41) is 20.8. The van der Waals surface area contributed by atoms with Crippen molar-refractivity contribution in [2.45, 2.75) is 0 Å². The van der Waals surface area contributed by atoms with Gasteiger partial charge in [-0.15, -0.1) is 0 Å². The highest BCUT2D eigenvalue weighted by molar-refractivity contribution is 5.86. The van der Waals surface area contributed by atoms with Crippen molar-refractivity contribution in [2.24, 2.45) is 0 Å². The van der Waals surface area contributed by atoms with Gasteiger partial charge in [0.05, 0.1) is 10.4 Å². The summed E-state index contributed by atoms with van der Waals surface area (Å²) in [5.41, 5.74) is 0.612. The number of non-ortho nitro benzene ring substituents is 1. The lowest BCUT2D eigenvalue weighted by Gasteiger charge is -2.08. The van der Waals surface area contributed by atoms with Crippen LogP contribution in [-0.4, -0.2) is 15.0 Å². The van der Waals surface area contributed by atoms with E-state index < -0.39 is 4.92 Å². The van der Waals surface area contributed by atoms with Gasteiger partial charge in [0.1, 0.15) is 17.2 Å². The Bertz CT molecular complexity index is 816. The van der Waals surface area contributed by atoms with Gasteiger partial charge in [0.2, 0.25) is 0 Å². The summed E-state index contributed by atoms with van der Waals surface area (Å²) in [6, 6.07) is 12.3. The fraction of sp³-hybridized carbons (Fsp3) is 0. The van der Waals surface area contributed by atoms with E-state index in [1.807, 2.05) is 0 Å². The van der Waals surface area contributed by atoms with E-state index in [2.05, 4.69) is 4.98 Å². The fourth-order valence-electron chi connectivity index (χ4n) is 1.96. The smallest absolute Gasteiger partial charge is 0.269 e. The van der Waals surface area contributed by atoms with E-state index in [0.717, 1.165) is 5.39 Å². The molecular weight excluding hydrogens is 272 g/mol. The Morgan fingerprint density at radius 1 is 1.10 bits per heavy atom. The lowest BCUT2D eigenvalue weighted by atomic mass is 10.2. The molecule has 0 spiro atoms. The lowest BCUT2D eigenvalue weighted by Crippen LogP contribution is -1.89. The SMILES string of the molecule is O=[N+]([O-])c1ccc(Oc2ccnc3cc(O)ccc23)cc1. The van der Waals surface area contributed by atoms with Gasteiger partial charge < -0.3 is 9.84 Å². The predicted octanol–water partition coefficient (Wildman–Crippen LogP) is 3.64. The molecule has 0 radical (unpaired) electrons. The molecule has 0 aliphatic heterocycles. The van der Waals surface area contributed by atoms with Crippen LogP contribution >= 0.6 is 0 Å². The lowest BCUT2D eigenvalue weighted by molar-refractivity contribution is -0.384. The molecule has 1 N–H and O–H groups in total.